The van der Waals surface area contributed by atoms with Gasteiger partial charge in [0.1, 0.15) is 18.2 Å². The SMILES string of the molecule is CCC[C@H]1CC[C@H](c2ccc(OCc3ccc(F)cc3)cc2)CC1. The normalized spacial score (nSPS) is 20.8. The molecule has 128 valence electrons. The van der Waals surface area contributed by atoms with Crippen molar-refractivity contribution in [1.29, 1.82) is 0 Å². The number of rotatable bonds is 6. The second-order valence-corrected chi connectivity index (χ2v) is 6.99. The Labute approximate surface area is 144 Å². The molecule has 24 heavy (non-hydrogen) atoms. The Morgan fingerprint density at radius 2 is 1.58 bits per heavy atom. The third-order valence-electron chi connectivity index (χ3n) is 5.21. The van der Waals surface area contributed by atoms with E-state index in [0.29, 0.717) is 12.5 Å². The van der Waals surface area contributed by atoms with Gasteiger partial charge in [-0.2, -0.15) is 0 Å². The molecule has 0 spiro atoms. The maximum Gasteiger partial charge on any atom is 0.123 e. The molecule has 0 aromatic heterocycles. The Kier molecular flexibility index (Phi) is 5.90. The van der Waals surface area contributed by atoms with Crippen molar-refractivity contribution >= 4 is 0 Å². The lowest BCUT2D eigenvalue weighted by molar-refractivity contribution is 0.303. The Hall–Kier alpha value is -1.83. The summed E-state index contributed by atoms with van der Waals surface area (Å²) in [6, 6.07) is 15.0. The zero-order valence-corrected chi connectivity index (χ0v) is 14.5. The maximum absolute atomic E-state index is 12.9. The lowest BCUT2D eigenvalue weighted by Gasteiger charge is -2.28. The minimum atomic E-state index is -0.211. The minimum Gasteiger partial charge on any atom is -0.489 e. The molecule has 0 radical (unpaired) electrons. The van der Waals surface area contributed by atoms with E-state index in [4.69, 9.17) is 4.74 Å². The summed E-state index contributed by atoms with van der Waals surface area (Å²) in [5.74, 6) is 2.33. The Morgan fingerprint density at radius 3 is 2.21 bits per heavy atom. The van der Waals surface area contributed by atoms with Gasteiger partial charge in [0.05, 0.1) is 0 Å². The highest BCUT2D eigenvalue weighted by Crippen LogP contribution is 2.37. The molecule has 0 heterocycles. The van der Waals surface area contributed by atoms with Gasteiger partial charge in [-0.05, 0) is 72.9 Å². The van der Waals surface area contributed by atoms with Crippen molar-refractivity contribution in [3.05, 3.63) is 65.5 Å². The van der Waals surface area contributed by atoms with Crippen molar-refractivity contribution in [3.8, 4) is 5.75 Å². The summed E-state index contributed by atoms with van der Waals surface area (Å²) >= 11 is 0. The van der Waals surface area contributed by atoms with E-state index in [1.807, 2.05) is 0 Å². The van der Waals surface area contributed by atoms with E-state index < -0.39 is 0 Å². The molecule has 0 saturated heterocycles. The van der Waals surface area contributed by atoms with Gasteiger partial charge >= 0.3 is 0 Å². The third kappa shape index (κ3) is 4.59. The van der Waals surface area contributed by atoms with Crippen LogP contribution in [-0.4, -0.2) is 0 Å². The van der Waals surface area contributed by atoms with Crippen LogP contribution in [0.4, 0.5) is 4.39 Å². The summed E-state index contributed by atoms with van der Waals surface area (Å²) in [7, 11) is 0. The molecule has 2 heteroatoms. The highest BCUT2D eigenvalue weighted by molar-refractivity contribution is 5.30. The van der Waals surface area contributed by atoms with Crippen LogP contribution in [0.5, 0.6) is 5.75 Å². The summed E-state index contributed by atoms with van der Waals surface area (Å²) in [5.41, 5.74) is 2.42. The lowest BCUT2D eigenvalue weighted by Crippen LogP contribution is -2.13. The monoisotopic (exact) mass is 326 g/mol. The predicted molar refractivity (Wildman–Crippen MR) is 96.8 cm³/mol. The van der Waals surface area contributed by atoms with Gasteiger partial charge in [0.25, 0.3) is 0 Å². The van der Waals surface area contributed by atoms with Crippen molar-refractivity contribution in [3.63, 3.8) is 0 Å². The van der Waals surface area contributed by atoms with Crippen LogP contribution in [0.1, 0.15) is 62.5 Å². The van der Waals surface area contributed by atoms with Crippen LogP contribution >= 0.6 is 0 Å². The molecule has 1 nitrogen and oxygen atoms in total. The summed E-state index contributed by atoms with van der Waals surface area (Å²) in [5, 5.41) is 0. The van der Waals surface area contributed by atoms with Gasteiger partial charge < -0.3 is 4.74 Å². The highest BCUT2D eigenvalue weighted by Gasteiger charge is 2.21. The Morgan fingerprint density at radius 1 is 0.917 bits per heavy atom. The molecule has 3 rings (SSSR count). The molecule has 2 aromatic rings. The first-order valence-electron chi connectivity index (χ1n) is 9.22. The van der Waals surface area contributed by atoms with Crippen LogP contribution in [-0.2, 0) is 6.61 Å². The van der Waals surface area contributed by atoms with Crippen molar-refractivity contribution in [2.45, 2.75) is 58.0 Å². The minimum absolute atomic E-state index is 0.211. The zero-order chi connectivity index (χ0) is 16.8. The molecule has 1 saturated carbocycles. The van der Waals surface area contributed by atoms with E-state index >= 15 is 0 Å². The van der Waals surface area contributed by atoms with Crippen LogP contribution in [0.3, 0.4) is 0 Å². The van der Waals surface area contributed by atoms with Crippen LogP contribution in [0.2, 0.25) is 0 Å². The fourth-order valence-corrected chi connectivity index (χ4v) is 3.78. The average Bonchev–Trinajstić information content (AvgIpc) is 2.63. The summed E-state index contributed by atoms with van der Waals surface area (Å²) in [6.07, 6.45) is 8.10. The van der Waals surface area contributed by atoms with Crippen molar-refractivity contribution in [2.75, 3.05) is 0 Å². The van der Waals surface area contributed by atoms with Gasteiger partial charge in [-0.15, -0.1) is 0 Å². The van der Waals surface area contributed by atoms with E-state index in [-0.39, 0.29) is 5.82 Å². The van der Waals surface area contributed by atoms with Crippen LogP contribution in [0.15, 0.2) is 48.5 Å². The number of benzene rings is 2. The molecule has 0 unspecified atom stereocenters. The van der Waals surface area contributed by atoms with Crippen molar-refractivity contribution < 1.29 is 9.13 Å². The van der Waals surface area contributed by atoms with Crippen molar-refractivity contribution in [2.24, 2.45) is 5.92 Å². The molecule has 1 aliphatic rings. The fraction of sp³-hybridized carbons (Fsp3) is 0.455. The quantitative estimate of drug-likeness (QED) is 0.590. The van der Waals surface area contributed by atoms with Gasteiger partial charge in [0.15, 0.2) is 0 Å². The average molecular weight is 326 g/mol. The second kappa shape index (κ2) is 8.32. The van der Waals surface area contributed by atoms with Gasteiger partial charge in [-0.1, -0.05) is 44.0 Å². The topological polar surface area (TPSA) is 9.23 Å². The standard InChI is InChI=1S/C22H27FO/c1-2-3-17-4-8-19(9-5-17)20-10-14-22(15-11-20)24-16-18-6-12-21(23)13-7-18/h6-7,10-15,17,19H,2-5,8-9,16H2,1H3/t17-,19-. The molecule has 0 atom stereocenters. The molecule has 0 N–H and O–H groups in total. The molecule has 0 bridgehead atoms. The smallest absolute Gasteiger partial charge is 0.123 e. The molecular formula is C22H27FO. The van der Waals surface area contributed by atoms with Crippen LogP contribution in [0.25, 0.3) is 0 Å². The zero-order valence-electron chi connectivity index (χ0n) is 14.5. The predicted octanol–water partition coefficient (Wildman–Crippen LogP) is 6.48. The number of hydrogen-bond donors (Lipinski definition) is 0. The summed E-state index contributed by atoms with van der Waals surface area (Å²) < 4.78 is 18.7. The number of ether oxygens (including phenoxy) is 1. The molecule has 2 aromatic carbocycles. The maximum atomic E-state index is 12.9. The van der Waals surface area contributed by atoms with E-state index in [1.54, 1.807) is 12.1 Å². The first-order valence-corrected chi connectivity index (χ1v) is 9.22. The molecule has 0 amide bonds. The first kappa shape index (κ1) is 17.0. The molecular weight excluding hydrogens is 299 g/mol. The first-order chi connectivity index (χ1) is 11.7. The van der Waals surface area contributed by atoms with E-state index in [1.165, 1.54) is 56.2 Å². The van der Waals surface area contributed by atoms with Gasteiger partial charge in [0.2, 0.25) is 0 Å². The van der Waals surface area contributed by atoms with Gasteiger partial charge in [-0.25, -0.2) is 4.39 Å². The molecule has 1 fully saturated rings. The highest BCUT2D eigenvalue weighted by atomic mass is 19.1. The third-order valence-corrected chi connectivity index (χ3v) is 5.21. The second-order valence-electron chi connectivity index (χ2n) is 6.99. The summed E-state index contributed by atoms with van der Waals surface area (Å²) in [6.45, 7) is 2.76. The van der Waals surface area contributed by atoms with Crippen LogP contribution < -0.4 is 4.74 Å². The lowest BCUT2D eigenvalue weighted by atomic mass is 9.77. The molecule has 1 aliphatic carbocycles. The van der Waals surface area contributed by atoms with Crippen molar-refractivity contribution in [1.82, 2.24) is 0 Å². The van der Waals surface area contributed by atoms with E-state index in [2.05, 4.69) is 31.2 Å². The largest absolute Gasteiger partial charge is 0.489 e. The number of hydrogen-bond acceptors (Lipinski definition) is 1. The number of halogens is 1. The molecule has 0 aliphatic heterocycles. The van der Waals surface area contributed by atoms with Gasteiger partial charge in [0, 0.05) is 0 Å². The fourth-order valence-electron chi connectivity index (χ4n) is 3.78. The Balaban J connectivity index is 1.51. The van der Waals surface area contributed by atoms with E-state index in [0.717, 1.165) is 17.2 Å². The van der Waals surface area contributed by atoms with Crippen LogP contribution in [0, 0.1) is 11.7 Å². The Bertz CT molecular complexity index is 609. The van der Waals surface area contributed by atoms with E-state index in [9.17, 15) is 4.39 Å². The summed E-state index contributed by atoms with van der Waals surface area (Å²) in [4.78, 5) is 0. The van der Waals surface area contributed by atoms with Gasteiger partial charge in [-0.3, -0.25) is 0 Å².